The largest absolute Gasteiger partial charge is 0.0958 e. The molecule has 0 aliphatic rings. The van der Waals surface area contributed by atoms with Crippen molar-refractivity contribution in [3.63, 3.8) is 0 Å². The summed E-state index contributed by atoms with van der Waals surface area (Å²) in [5, 5.41) is 2.81. The van der Waals surface area contributed by atoms with Gasteiger partial charge in [-0.05, 0) is 319 Å². The van der Waals surface area contributed by atoms with Crippen molar-refractivity contribution in [1.29, 1.82) is 0 Å². The molecule has 0 atom stereocenters. The van der Waals surface area contributed by atoms with Crippen molar-refractivity contribution in [3.8, 4) is 0 Å². The minimum absolute atomic E-state index is 0. The summed E-state index contributed by atoms with van der Waals surface area (Å²) in [6.07, 6.45) is 0. The van der Waals surface area contributed by atoms with Crippen LogP contribution in [0, 0.1) is 104 Å². The first-order valence-corrected chi connectivity index (χ1v) is 23.1. The zero-order chi connectivity index (χ0) is 50.5. The molecule has 4 rings (SSSR count). The van der Waals surface area contributed by atoms with Gasteiger partial charge in [0.1, 0.15) is 0 Å². The molecule has 4 aromatic rings. The first kappa shape index (κ1) is 73.0. The summed E-state index contributed by atoms with van der Waals surface area (Å²) in [5.74, 6) is 0. The van der Waals surface area contributed by atoms with Gasteiger partial charge in [0.2, 0.25) is 0 Å². The molecule has 4 aromatic carbocycles. The standard InChI is InChI=1S/C22H28.C16H24.C16H22.C10H16.5CH4/c1-11(2)19-17(9)21-15(7)13(5)14(6)16(8)22(21)18(10)20(19)12(3)4;1-9(2)10(3)16-14(7)12(5)11(4)13(6)15(16)8;1-9(2)15-13(7)11(5)12(6)14(8)16(15)10(3)4;1-7(2)9(5)10(6)8(3)4;;;;;/h1,3H2,2,4-10H3;1-8H3;1,3H2,2,4-8H3;1,3H2,2,4-6H3;5*1H4/b;;;10-9-;;;;;. The Morgan fingerprint density at radius 2 is 0.406 bits per heavy atom. The van der Waals surface area contributed by atoms with Crippen molar-refractivity contribution < 1.29 is 0 Å². The molecule has 386 valence electrons. The van der Waals surface area contributed by atoms with Gasteiger partial charge in [-0.1, -0.05) is 116 Å². The van der Waals surface area contributed by atoms with E-state index in [4.69, 9.17) is 0 Å². The molecule has 0 aliphatic heterocycles. The van der Waals surface area contributed by atoms with Gasteiger partial charge in [-0.2, -0.15) is 0 Å². The highest BCUT2D eigenvalue weighted by Crippen LogP contribution is 2.41. The Hall–Kier alpha value is -4.94. The zero-order valence-corrected chi connectivity index (χ0v) is 46.2. The number of rotatable bonds is 7. The van der Waals surface area contributed by atoms with Crippen LogP contribution in [0.1, 0.15) is 225 Å². The van der Waals surface area contributed by atoms with E-state index >= 15 is 0 Å². The Bertz CT molecular complexity index is 2490. The van der Waals surface area contributed by atoms with E-state index in [1.54, 1.807) is 0 Å². The SMILES string of the molecule is C.C.C.C.C.C=C(C)/C(C)=C(/C)C(=C)C.C=C(C)c1c(C(=C)C)c(C)c2c(C)c(C)c(C)c(C)c2c1C.C=C(C)c1c(C)c(C)c(C)c(C)c1C(=C)C.CC(C)=C(C)c1c(C)c(C)c(C)c(C)c1C. The molecule has 0 heteroatoms. The molecule has 0 saturated carbocycles. The van der Waals surface area contributed by atoms with Gasteiger partial charge in [-0.15, -0.1) is 0 Å². The average molecular weight is 940 g/mol. The fourth-order valence-corrected chi connectivity index (χ4v) is 9.27. The van der Waals surface area contributed by atoms with E-state index in [0.717, 1.165) is 33.4 Å². The molecule has 0 spiro atoms. The maximum Gasteiger partial charge on any atom is -0.0111 e. The van der Waals surface area contributed by atoms with Crippen LogP contribution in [0.15, 0.2) is 67.3 Å². The van der Waals surface area contributed by atoms with Crippen molar-refractivity contribution in [2.45, 2.75) is 217 Å². The monoisotopic (exact) mass is 939 g/mol. The lowest BCUT2D eigenvalue weighted by molar-refractivity contribution is 1.15. The van der Waals surface area contributed by atoms with Crippen LogP contribution in [0.3, 0.4) is 0 Å². The van der Waals surface area contributed by atoms with E-state index in [1.807, 2.05) is 13.8 Å². The van der Waals surface area contributed by atoms with Crippen LogP contribution in [0.2, 0.25) is 0 Å². The molecular weight excluding hydrogens is 829 g/mol. The van der Waals surface area contributed by atoms with Gasteiger partial charge in [-0.25, -0.2) is 0 Å². The zero-order valence-electron chi connectivity index (χ0n) is 46.2. The van der Waals surface area contributed by atoms with E-state index in [0.29, 0.717) is 0 Å². The number of benzene rings is 4. The Kier molecular flexibility index (Phi) is 31.0. The molecule has 0 nitrogen and oxygen atoms in total. The van der Waals surface area contributed by atoms with Crippen LogP contribution >= 0.6 is 0 Å². The summed E-state index contributed by atoms with van der Waals surface area (Å²) in [6.45, 7) is 80.9. The molecule has 0 radical (unpaired) electrons. The second-order valence-electron chi connectivity index (χ2n) is 19.6. The summed E-state index contributed by atoms with van der Waals surface area (Å²) in [4.78, 5) is 0. The van der Waals surface area contributed by atoms with Crippen molar-refractivity contribution >= 4 is 38.6 Å². The molecule has 0 heterocycles. The maximum absolute atomic E-state index is 4.23. The number of fused-ring (bicyclic) bond motifs is 1. The molecule has 0 amide bonds. The average Bonchev–Trinajstić information content (AvgIpc) is 3.20. The quantitative estimate of drug-likeness (QED) is 0.162. The van der Waals surface area contributed by atoms with Gasteiger partial charge in [-0.3, -0.25) is 0 Å². The fourth-order valence-electron chi connectivity index (χ4n) is 9.27. The van der Waals surface area contributed by atoms with Gasteiger partial charge in [0.15, 0.2) is 0 Å². The number of aryl methyl sites for hydroxylation is 4. The van der Waals surface area contributed by atoms with Crippen molar-refractivity contribution in [2.24, 2.45) is 0 Å². The van der Waals surface area contributed by atoms with E-state index < -0.39 is 0 Å². The molecule has 0 saturated heterocycles. The van der Waals surface area contributed by atoms with E-state index in [9.17, 15) is 0 Å². The third-order valence-electron chi connectivity index (χ3n) is 14.8. The smallest absolute Gasteiger partial charge is 0.0111 e. The predicted molar refractivity (Wildman–Crippen MR) is 332 cm³/mol. The van der Waals surface area contributed by atoms with Gasteiger partial charge in [0.25, 0.3) is 0 Å². The van der Waals surface area contributed by atoms with Crippen LogP contribution < -0.4 is 0 Å². The molecule has 0 N–H and O–H groups in total. The Labute approximate surface area is 432 Å². The van der Waals surface area contributed by atoms with Gasteiger partial charge in [0, 0.05) is 0 Å². The minimum Gasteiger partial charge on any atom is -0.0958 e. The normalized spacial score (nSPS) is 10.2. The topological polar surface area (TPSA) is 0 Å². The van der Waals surface area contributed by atoms with Gasteiger partial charge < -0.3 is 0 Å². The van der Waals surface area contributed by atoms with E-state index in [2.05, 4.69) is 206 Å². The van der Waals surface area contributed by atoms with Crippen LogP contribution in [0.5, 0.6) is 0 Å². The molecule has 0 unspecified atom stereocenters. The van der Waals surface area contributed by atoms with Gasteiger partial charge >= 0.3 is 0 Å². The van der Waals surface area contributed by atoms with Crippen molar-refractivity contribution in [3.05, 3.63) is 179 Å². The Balaban J connectivity index is -0.000000266. The number of hydrogen-bond donors (Lipinski definition) is 0. The first-order valence-electron chi connectivity index (χ1n) is 23.1. The maximum atomic E-state index is 4.23. The summed E-state index contributed by atoms with van der Waals surface area (Å²) in [7, 11) is 0. The molecule has 0 fully saturated rings. The first-order chi connectivity index (χ1) is 29.1. The van der Waals surface area contributed by atoms with Crippen LogP contribution in [0.25, 0.3) is 38.6 Å². The summed E-state index contributed by atoms with van der Waals surface area (Å²) in [6, 6.07) is 0. The number of allylic oxidation sites excluding steroid dienone is 10. The summed E-state index contributed by atoms with van der Waals surface area (Å²) >= 11 is 0. The minimum atomic E-state index is 0. The molecule has 69 heavy (non-hydrogen) atoms. The molecule has 0 aromatic heterocycles. The fraction of sp³-hybridized carbons (Fsp3) is 0.449. The Morgan fingerprint density at radius 3 is 0.594 bits per heavy atom. The third-order valence-corrected chi connectivity index (χ3v) is 14.8. The lowest BCUT2D eigenvalue weighted by atomic mass is 9.80. The van der Waals surface area contributed by atoms with Gasteiger partial charge in [0.05, 0.1) is 0 Å². The van der Waals surface area contributed by atoms with Crippen molar-refractivity contribution in [2.75, 3.05) is 0 Å². The van der Waals surface area contributed by atoms with E-state index in [1.165, 1.54) is 144 Å². The highest BCUT2D eigenvalue weighted by molar-refractivity contribution is 6.02. The summed E-state index contributed by atoms with van der Waals surface area (Å²) in [5.41, 5.74) is 39.6. The molecule has 0 aliphatic carbocycles. The number of hydrogen-bond acceptors (Lipinski definition) is 0. The second kappa shape index (κ2) is 29.3. The van der Waals surface area contributed by atoms with Crippen LogP contribution in [-0.4, -0.2) is 0 Å². The third kappa shape index (κ3) is 15.5. The van der Waals surface area contributed by atoms with Crippen LogP contribution in [0.4, 0.5) is 0 Å². The second-order valence-corrected chi connectivity index (χ2v) is 19.6. The summed E-state index contributed by atoms with van der Waals surface area (Å²) < 4.78 is 0. The predicted octanol–water partition coefficient (Wildman–Crippen LogP) is 23.4. The van der Waals surface area contributed by atoms with Crippen molar-refractivity contribution in [1.82, 2.24) is 0 Å². The Morgan fingerprint density at radius 1 is 0.232 bits per heavy atom. The van der Waals surface area contributed by atoms with Crippen LogP contribution in [-0.2, 0) is 0 Å². The molecular formula is C69H110. The highest BCUT2D eigenvalue weighted by Gasteiger charge is 2.21. The van der Waals surface area contributed by atoms with E-state index in [-0.39, 0.29) is 37.1 Å². The molecule has 0 bridgehead atoms. The highest BCUT2D eigenvalue weighted by atomic mass is 14.3. The lowest BCUT2D eigenvalue weighted by Gasteiger charge is -2.24. The lowest BCUT2D eigenvalue weighted by Crippen LogP contribution is -2.04.